The fourth-order valence-electron chi connectivity index (χ4n) is 2.47. The fourth-order valence-corrected chi connectivity index (χ4v) is 2.47. The maximum atomic E-state index is 13.3. The maximum Gasteiger partial charge on any atom is 0.251 e. The Morgan fingerprint density at radius 2 is 1.78 bits per heavy atom. The second-order valence-corrected chi connectivity index (χ2v) is 6.06. The van der Waals surface area contributed by atoms with E-state index >= 15 is 0 Å². The van der Waals surface area contributed by atoms with Crippen LogP contribution in [-0.2, 0) is 6.54 Å². The highest BCUT2D eigenvalue weighted by atomic mass is 127. The lowest BCUT2D eigenvalue weighted by atomic mass is 10.1. The highest BCUT2D eigenvalue weighted by Gasteiger charge is 2.05. The molecule has 0 spiro atoms. The van der Waals surface area contributed by atoms with Gasteiger partial charge in [0.15, 0.2) is 5.96 Å². The van der Waals surface area contributed by atoms with Crippen molar-refractivity contribution in [2.45, 2.75) is 20.4 Å². The van der Waals surface area contributed by atoms with Crippen LogP contribution in [0.25, 0.3) is 0 Å². The van der Waals surface area contributed by atoms with E-state index in [4.69, 9.17) is 0 Å². The Bertz CT molecular complexity index is 795. The molecule has 0 unspecified atom stereocenters. The number of aryl methyl sites for hydroxylation is 2. The molecular formula is C20H26FIN4O. The van der Waals surface area contributed by atoms with E-state index in [2.05, 4.69) is 20.9 Å². The van der Waals surface area contributed by atoms with Crippen LogP contribution >= 0.6 is 24.0 Å². The molecule has 2 aromatic rings. The van der Waals surface area contributed by atoms with E-state index in [1.54, 1.807) is 32.2 Å². The van der Waals surface area contributed by atoms with Gasteiger partial charge in [0.2, 0.25) is 0 Å². The van der Waals surface area contributed by atoms with Crippen LogP contribution in [0.4, 0.5) is 4.39 Å². The average molecular weight is 484 g/mol. The van der Waals surface area contributed by atoms with Gasteiger partial charge < -0.3 is 16.0 Å². The Balaban J connectivity index is 0.00000364. The first-order valence-corrected chi connectivity index (χ1v) is 8.54. The number of benzene rings is 2. The lowest BCUT2D eigenvalue weighted by molar-refractivity contribution is 0.0954. The first-order chi connectivity index (χ1) is 12.5. The Hall–Kier alpha value is -2.16. The number of guanidine groups is 1. The zero-order valence-electron chi connectivity index (χ0n) is 15.8. The van der Waals surface area contributed by atoms with Crippen molar-refractivity contribution in [2.24, 2.45) is 4.99 Å². The third-order valence-electron chi connectivity index (χ3n) is 3.89. The van der Waals surface area contributed by atoms with E-state index in [9.17, 15) is 9.18 Å². The van der Waals surface area contributed by atoms with Gasteiger partial charge in [-0.1, -0.05) is 29.8 Å². The van der Waals surface area contributed by atoms with Gasteiger partial charge in [-0.15, -0.1) is 24.0 Å². The quantitative estimate of drug-likeness (QED) is 0.256. The standard InChI is InChI=1S/C20H25FN4O.HI/c1-14-5-4-6-17(11-14)19(26)23-9-10-24-20(22-3)25-13-16-7-8-18(21)15(2)12-16;/h4-8,11-12H,9-10,13H2,1-3H3,(H,23,26)(H2,22,24,25);1H. The topological polar surface area (TPSA) is 65.5 Å². The molecule has 3 N–H and O–H groups in total. The summed E-state index contributed by atoms with van der Waals surface area (Å²) >= 11 is 0. The molecule has 27 heavy (non-hydrogen) atoms. The van der Waals surface area contributed by atoms with Crippen molar-refractivity contribution in [3.63, 3.8) is 0 Å². The number of carbonyl (C=O) groups excluding carboxylic acids is 1. The summed E-state index contributed by atoms with van der Waals surface area (Å²) in [5, 5.41) is 9.16. The molecule has 0 bridgehead atoms. The summed E-state index contributed by atoms with van der Waals surface area (Å²) in [7, 11) is 1.68. The first kappa shape index (κ1) is 22.9. The molecule has 0 aromatic heterocycles. The van der Waals surface area contributed by atoms with Gasteiger partial charge in [-0.3, -0.25) is 9.79 Å². The highest BCUT2D eigenvalue weighted by Crippen LogP contribution is 2.08. The van der Waals surface area contributed by atoms with Gasteiger partial charge in [0.1, 0.15) is 5.82 Å². The molecule has 0 saturated heterocycles. The van der Waals surface area contributed by atoms with Gasteiger partial charge in [0, 0.05) is 32.2 Å². The smallest absolute Gasteiger partial charge is 0.251 e. The largest absolute Gasteiger partial charge is 0.355 e. The van der Waals surface area contributed by atoms with E-state index < -0.39 is 0 Å². The fraction of sp³-hybridized carbons (Fsp3) is 0.300. The van der Waals surface area contributed by atoms with Crippen LogP contribution in [0.3, 0.4) is 0 Å². The number of carbonyl (C=O) groups is 1. The van der Waals surface area contributed by atoms with Crippen LogP contribution in [0.1, 0.15) is 27.0 Å². The second-order valence-electron chi connectivity index (χ2n) is 6.06. The second kappa shape index (κ2) is 11.5. The number of rotatable bonds is 6. The number of aliphatic imine (C=N–C) groups is 1. The van der Waals surface area contributed by atoms with Gasteiger partial charge in [-0.25, -0.2) is 4.39 Å². The van der Waals surface area contributed by atoms with Crippen LogP contribution in [0.5, 0.6) is 0 Å². The molecule has 7 heteroatoms. The molecule has 5 nitrogen and oxygen atoms in total. The minimum absolute atomic E-state index is 0. The molecule has 0 aliphatic heterocycles. The summed E-state index contributed by atoms with van der Waals surface area (Å²) in [5.41, 5.74) is 3.29. The molecule has 0 heterocycles. The van der Waals surface area contributed by atoms with Crippen LogP contribution in [0.2, 0.25) is 0 Å². The van der Waals surface area contributed by atoms with Crippen molar-refractivity contribution in [3.8, 4) is 0 Å². The van der Waals surface area contributed by atoms with Crippen molar-refractivity contribution in [2.75, 3.05) is 20.1 Å². The van der Waals surface area contributed by atoms with Crippen molar-refractivity contribution in [1.82, 2.24) is 16.0 Å². The Morgan fingerprint density at radius 3 is 2.44 bits per heavy atom. The lowest BCUT2D eigenvalue weighted by Crippen LogP contribution is -2.41. The van der Waals surface area contributed by atoms with Gasteiger partial charge >= 0.3 is 0 Å². The zero-order valence-corrected chi connectivity index (χ0v) is 18.1. The molecule has 2 rings (SSSR count). The summed E-state index contributed by atoms with van der Waals surface area (Å²) in [6.07, 6.45) is 0. The molecule has 0 atom stereocenters. The molecule has 0 aliphatic rings. The normalized spacial score (nSPS) is 10.7. The van der Waals surface area contributed by atoms with Gasteiger partial charge in [0.25, 0.3) is 5.91 Å². The molecule has 0 aliphatic carbocycles. The van der Waals surface area contributed by atoms with Crippen LogP contribution in [-0.4, -0.2) is 32.0 Å². The van der Waals surface area contributed by atoms with E-state index in [1.807, 2.05) is 25.1 Å². The van der Waals surface area contributed by atoms with E-state index in [-0.39, 0.29) is 35.7 Å². The van der Waals surface area contributed by atoms with E-state index in [1.165, 1.54) is 6.07 Å². The minimum Gasteiger partial charge on any atom is -0.355 e. The highest BCUT2D eigenvalue weighted by molar-refractivity contribution is 14.0. The third kappa shape index (κ3) is 7.54. The van der Waals surface area contributed by atoms with Crippen LogP contribution in [0, 0.1) is 19.7 Å². The number of nitrogens with zero attached hydrogens (tertiary/aromatic N) is 1. The lowest BCUT2D eigenvalue weighted by Gasteiger charge is -2.13. The number of amides is 1. The van der Waals surface area contributed by atoms with Gasteiger partial charge in [0.05, 0.1) is 0 Å². The van der Waals surface area contributed by atoms with Crippen molar-refractivity contribution in [1.29, 1.82) is 0 Å². The molecule has 1 amide bonds. The van der Waals surface area contributed by atoms with Crippen molar-refractivity contribution < 1.29 is 9.18 Å². The zero-order chi connectivity index (χ0) is 18.9. The summed E-state index contributed by atoms with van der Waals surface area (Å²) in [6, 6.07) is 12.5. The van der Waals surface area contributed by atoms with Gasteiger partial charge in [-0.2, -0.15) is 0 Å². The van der Waals surface area contributed by atoms with Crippen LogP contribution in [0.15, 0.2) is 47.5 Å². The number of nitrogens with one attached hydrogen (secondary N) is 3. The first-order valence-electron chi connectivity index (χ1n) is 8.54. The molecule has 0 fully saturated rings. The summed E-state index contributed by atoms with van der Waals surface area (Å²) in [4.78, 5) is 16.2. The van der Waals surface area contributed by atoms with E-state index in [0.29, 0.717) is 36.7 Å². The summed E-state index contributed by atoms with van der Waals surface area (Å²) < 4.78 is 13.3. The van der Waals surface area contributed by atoms with Gasteiger partial charge in [-0.05, 0) is 43.2 Å². The number of hydrogen-bond donors (Lipinski definition) is 3. The maximum absolute atomic E-state index is 13.3. The van der Waals surface area contributed by atoms with E-state index in [0.717, 1.165) is 11.1 Å². The van der Waals surface area contributed by atoms with Crippen molar-refractivity contribution >= 4 is 35.8 Å². The molecular weight excluding hydrogens is 458 g/mol. The summed E-state index contributed by atoms with van der Waals surface area (Å²) in [5.74, 6) is 0.317. The Labute approximate surface area is 176 Å². The number of halogens is 2. The Morgan fingerprint density at radius 1 is 1.04 bits per heavy atom. The van der Waals surface area contributed by atoms with Crippen molar-refractivity contribution in [3.05, 3.63) is 70.5 Å². The average Bonchev–Trinajstić information content (AvgIpc) is 2.63. The third-order valence-corrected chi connectivity index (χ3v) is 3.89. The Kier molecular flexibility index (Phi) is 9.77. The molecule has 0 saturated carbocycles. The number of hydrogen-bond acceptors (Lipinski definition) is 2. The predicted octanol–water partition coefficient (Wildman–Crippen LogP) is 3.16. The molecule has 0 radical (unpaired) electrons. The monoisotopic (exact) mass is 484 g/mol. The van der Waals surface area contributed by atoms with Crippen LogP contribution < -0.4 is 16.0 Å². The summed E-state index contributed by atoms with van der Waals surface area (Å²) in [6.45, 7) is 5.25. The predicted molar refractivity (Wildman–Crippen MR) is 118 cm³/mol. The minimum atomic E-state index is -0.208. The molecule has 2 aromatic carbocycles. The molecule has 146 valence electrons. The SMILES string of the molecule is CN=C(NCCNC(=O)c1cccc(C)c1)NCc1ccc(F)c(C)c1.I.